The van der Waals surface area contributed by atoms with Crippen molar-refractivity contribution in [1.29, 1.82) is 0 Å². The van der Waals surface area contributed by atoms with E-state index < -0.39 is 0 Å². The fourth-order valence-electron chi connectivity index (χ4n) is 2.43. The van der Waals surface area contributed by atoms with Crippen LogP contribution in [0.4, 0.5) is 0 Å². The minimum Gasteiger partial charge on any atom is -0.454 e. The number of ether oxygens (including phenoxy) is 2. The monoisotopic (exact) mass is 405 g/mol. The second kappa shape index (κ2) is 6.03. The molecule has 0 fully saturated rings. The Morgan fingerprint density at radius 2 is 2.04 bits per heavy atom. The molecule has 2 aromatic carbocycles. The average Bonchev–Trinajstić information content (AvgIpc) is 3.05. The molecule has 0 saturated heterocycles. The van der Waals surface area contributed by atoms with Gasteiger partial charge in [-0.15, -0.1) is 0 Å². The molecular formula is C16H12BrN3O3S. The molecular weight excluding hydrogens is 394 g/mol. The van der Waals surface area contributed by atoms with Crippen LogP contribution in [0.5, 0.6) is 11.5 Å². The van der Waals surface area contributed by atoms with Crippen molar-refractivity contribution < 1.29 is 9.47 Å². The lowest BCUT2D eigenvalue weighted by Crippen LogP contribution is -2.29. The number of hydrogen-bond acceptors (Lipinski definition) is 6. The third-order valence-electron chi connectivity index (χ3n) is 3.63. The zero-order valence-electron chi connectivity index (χ0n) is 12.4. The molecule has 0 spiro atoms. The Morgan fingerprint density at radius 1 is 1.21 bits per heavy atom. The maximum Gasteiger partial charge on any atom is 0.280 e. The number of benzene rings is 2. The summed E-state index contributed by atoms with van der Waals surface area (Å²) in [5.74, 6) is 8.00. The Kier molecular flexibility index (Phi) is 3.85. The van der Waals surface area contributed by atoms with E-state index in [-0.39, 0.29) is 12.4 Å². The van der Waals surface area contributed by atoms with Gasteiger partial charge in [0.1, 0.15) is 0 Å². The molecule has 1 aliphatic heterocycles. The molecule has 6 nitrogen and oxygen atoms in total. The molecule has 3 aromatic rings. The van der Waals surface area contributed by atoms with Crippen LogP contribution in [0.1, 0.15) is 5.56 Å². The predicted molar refractivity (Wildman–Crippen MR) is 96.0 cm³/mol. The van der Waals surface area contributed by atoms with Crippen molar-refractivity contribution in [2.75, 3.05) is 12.6 Å². The first-order valence-corrected chi connectivity index (χ1v) is 8.88. The van der Waals surface area contributed by atoms with E-state index in [1.165, 1.54) is 11.8 Å². The van der Waals surface area contributed by atoms with Gasteiger partial charge in [-0.3, -0.25) is 4.79 Å². The molecule has 0 radical (unpaired) electrons. The second-order valence-electron chi connectivity index (χ2n) is 5.21. The molecule has 4 rings (SSSR count). The minimum absolute atomic E-state index is 0.246. The topological polar surface area (TPSA) is 79.4 Å². The van der Waals surface area contributed by atoms with Crippen LogP contribution in [0, 0.1) is 0 Å². The van der Waals surface area contributed by atoms with E-state index in [9.17, 15) is 4.79 Å². The fourth-order valence-corrected chi connectivity index (χ4v) is 3.65. The average molecular weight is 406 g/mol. The van der Waals surface area contributed by atoms with E-state index in [1.807, 2.05) is 24.3 Å². The number of nitrogens with zero attached hydrogens (tertiary/aromatic N) is 2. The van der Waals surface area contributed by atoms with Crippen LogP contribution in [0.3, 0.4) is 0 Å². The number of rotatable bonds is 3. The minimum atomic E-state index is -0.269. The lowest BCUT2D eigenvalue weighted by atomic mass is 10.2. The Labute approximate surface area is 149 Å². The number of aromatic nitrogens is 2. The van der Waals surface area contributed by atoms with Crippen molar-refractivity contribution in [2.24, 2.45) is 0 Å². The summed E-state index contributed by atoms with van der Waals surface area (Å²) >= 11 is 4.75. The van der Waals surface area contributed by atoms with Gasteiger partial charge in [-0.05, 0) is 35.9 Å². The SMILES string of the molecule is Nn1c(SCc2ccc3c(c2)OCO3)nc2ccc(Br)cc2c1=O. The van der Waals surface area contributed by atoms with Crippen LogP contribution in [-0.4, -0.2) is 16.5 Å². The Bertz CT molecular complexity index is 1010. The molecule has 122 valence electrons. The third kappa shape index (κ3) is 2.71. The summed E-state index contributed by atoms with van der Waals surface area (Å²) in [4.78, 5) is 16.9. The first-order valence-electron chi connectivity index (χ1n) is 7.10. The summed E-state index contributed by atoms with van der Waals surface area (Å²) < 4.78 is 12.6. The summed E-state index contributed by atoms with van der Waals surface area (Å²) in [5.41, 5.74) is 1.39. The highest BCUT2D eigenvalue weighted by Gasteiger charge is 2.14. The summed E-state index contributed by atoms with van der Waals surface area (Å²) in [7, 11) is 0. The van der Waals surface area contributed by atoms with Gasteiger partial charge in [0.15, 0.2) is 16.7 Å². The molecule has 1 aromatic heterocycles. The normalized spacial score (nSPS) is 12.7. The standard InChI is InChI=1S/C16H12BrN3O3S/c17-10-2-3-12-11(6-10)15(21)20(18)16(19-12)24-7-9-1-4-13-14(5-9)23-8-22-13/h1-6H,7-8,18H2. The van der Waals surface area contributed by atoms with Crippen LogP contribution in [0.2, 0.25) is 0 Å². The number of halogens is 1. The first-order chi connectivity index (χ1) is 11.6. The smallest absolute Gasteiger partial charge is 0.280 e. The van der Waals surface area contributed by atoms with Crippen molar-refractivity contribution in [3.8, 4) is 11.5 Å². The molecule has 2 heterocycles. The van der Waals surface area contributed by atoms with Gasteiger partial charge < -0.3 is 15.3 Å². The van der Waals surface area contributed by atoms with Gasteiger partial charge in [-0.25, -0.2) is 9.66 Å². The highest BCUT2D eigenvalue weighted by Crippen LogP contribution is 2.34. The van der Waals surface area contributed by atoms with E-state index in [1.54, 1.807) is 12.1 Å². The van der Waals surface area contributed by atoms with Gasteiger partial charge in [-0.1, -0.05) is 33.8 Å². The molecule has 24 heavy (non-hydrogen) atoms. The quantitative estimate of drug-likeness (QED) is 0.410. The molecule has 0 saturated carbocycles. The van der Waals surface area contributed by atoms with Crippen LogP contribution in [0.25, 0.3) is 10.9 Å². The largest absolute Gasteiger partial charge is 0.454 e. The zero-order valence-corrected chi connectivity index (χ0v) is 14.8. The lowest BCUT2D eigenvalue weighted by molar-refractivity contribution is 0.174. The van der Waals surface area contributed by atoms with Crippen molar-refractivity contribution in [1.82, 2.24) is 9.66 Å². The maximum atomic E-state index is 12.4. The maximum absolute atomic E-state index is 12.4. The van der Waals surface area contributed by atoms with E-state index >= 15 is 0 Å². The van der Waals surface area contributed by atoms with Crippen LogP contribution in [-0.2, 0) is 5.75 Å². The van der Waals surface area contributed by atoms with Crippen molar-refractivity contribution >= 4 is 38.6 Å². The van der Waals surface area contributed by atoms with Crippen molar-refractivity contribution in [2.45, 2.75) is 10.9 Å². The second-order valence-corrected chi connectivity index (χ2v) is 7.07. The third-order valence-corrected chi connectivity index (χ3v) is 5.15. The number of thioether (sulfide) groups is 1. The number of nitrogens with two attached hydrogens (primary N) is 1. The van der Waals surface area contributed by atoms with Gasteiger partial charge in [0.25, 0.3) is 5.56 Å². The van der Waals surface area contributed by atoms with Gasteiger partial charge in [0.05, 0.1) is 10.9 Å². The van der Waals surface area contributed by atoms with E-state index in [4.69, 9.17) is 15.3 Å². The van der Waals surface area contributed by atoms with Crippen molar-refractivity contribution in [3.05, 3.63) is 56.8 Å². The summed E-state index contributed by atoms with van der Waals surface area (Å²) in [6, 6.07) is 11.1. The molecule has 0 aliphatic carbocycles. The highest BCUT2D eigenvalue weighted by atomic mass is 79.9. The van der Waals surface area contributed by atoms with E-state index in [2.05, 4.69) is 20.9 Å². The van der Waals surface area contributed by atoms with Crippen LogP contribution < -0.4 is 20.9 Å². The van der Waals surface area contributed by atoms with Crippen LogP contribution >= 0.6 is 27.7 Å². The molecule has 2 N–H and O–H groups in total. The Hall–Kier alpha value is -2.19. The molecule has 1 aliphatic rings. The van der Waals surface area contributed by atoms with Gasteiger partial charge in [-0.2, -0.15) is 0 Å². The van der Waals surface area contributed by atoms with Gasteiger partial charge >= 0.3 is 0 Å². The first kappa shape index (κ1) is 15.3. The molecule has 0 amide bonds. The number of nitrogen functional groups attached to an aromatic ring is 1. The zero-order chi connectivity index (χ0) is 16.7. The number of fused-ring (bicyclic) bond motifs is 2. The van der Waals surface area contributed by atoms with E-state index in [0.717, 1.165) is 26.2 Å². The number of hydrogen-bond donors (Lipinski definition) is 1. The summed E-state index contributed by atoms with van der Waals surface area (Å²) in [6.07, 6.45) is 0. The van der Waals surface area contributed by atoms with Crippen LogP contribution in [0.15, 0.2) is 50.8 Å². The van der Waals surface area contributed by atoms with E-state index in [0.29, 0.717) is 21.8 Å². The Morgan fingerprint density at radius 3 is 2.92 bits per heavy atom. The molecule has 0 bridgehead atoms. The fraction of sp³-hybridized carbons (Fsp3) is 0.125. The molecule has 0 atom stereocenters. The highest BCUT2D eigenvalue weighted by molar-refractivity contribution is 9.10. The Balaban J connectivity index is 1.64. The summed E-state index contributed by atoms with van der Waals surface area (Å²) in [6.45, 7) is 0.246. The van der Waals surface area contributed by atoms with Gasteiger partial charge in [0.2, 0.25) is 6.79 Å². The predicted octanol–water partition coefficient (Wildman–Crippen LogP) is 2.89. The van der Waals surface area contributed by atoms with Gasteiger partial charge in [0, 0.05) is 10.2 Å². The lowest BCUT2D eigenvalue weighted by Gasteiger charge is -2.09. The molecule has 0 unspecified atom stereocenters. The summed E-state index contributed by atoms with van der Waals surface area (Å²) in [5, 5.41) is 0.951. The molecule has 8 heteroatoms. The van der Waals surface area contributed by atoms with Crippen molar-refractivity contribution in [3.63, 3.8) is 0 Å².